The van der Waals surface area contributed by atoms with Crippen LogP contribution in [-0.2, 0) is 29.8 Å². The predicted octanol–water partition coefficient (Wildman–Crippen LogP) is 8.12. The molecule has 11 nitrogen and oxygen atoms in total. The van der Waals surface area contributed by atoms with Gasteiger partial charge in [-0.1, -0.05) is 92.6 Å². The lowest BCUT2D eigenvalue weighted by Crippen LogP contribution is -2.57. The topological polar surface area (TPSA) is 134 Å². The minimum absolute atomic E-state index is 0.0146. The zero-order valence-corrected chi connectivity index (χ0v) is 34.9. The summed E-state index contributed by atoms with van der Waals surface area (Å²) in [7, 11) is -3.70. The molecule has 4 aliphatic rings. The van der Waals surface area contributed by atoms with E-state index in [1.54, 1.807) is 43.3 Å². The summed E-state index contributed by atoms with van der Waals surface area (Å²) in [6, 6.07) is 28.1. The van der Waals surface area contributed by atoms with E-state index in [4.69, 9.17) is 9.26 Å². The molecule has 4 aromatic carbocycles. The summed E-state index contributed by atoms with van der Waals surface area (Å²) in [6.45, 7) is 4.45. The predicted molar refractivity (Wildman–Crippen MR) is 227 cm³/mol. The molecule has 2 N–H and O–H groups in total. The summed E-state index contributed by atoms with van der Waals surface area (Å²) in [5.41, 5.74) is 2.24. The maximum absolute atomic E-state index is 14.5. The van der Waals surface area contributed by atoms with E-state index in [1.165, 1.54) is 5.56 Å². The van der Waals surface area contributed by atoms with Crippen LogP contribution in [0.4, 0.5) is 0 Å². The van der Waals surface area contributed by atoms with Crippen LogP contribution in [0, 0.1) is 0 Å². The van der Waals surface area contributed by atoms with Crippen LogP contribution in [0.3, 0.4) is 0 Å². The number of ether oxygens (including phenoxy) is 1. The normalized spacial score (nSPS) is 23.8. The van der Waals surface area contributed by atoms with Gasteiger partial charge in [-0.2, -0.15) is 0 Å². The summed E-state index contributed by atoms with van der Waals surface area (Å²) in [6.07, 6.45) is 8.15. The molecule has 3 aliphatic heterocycles. The Hall–Kier alpha value is -4.99. The van der Waals surface area contributed by atoms with Crippen LogP contribution in [0.2, 0.25) is 0 Å². The largest absolute Gasteiger partial charge is 0.465 e. The minimum Gasteiger partial charge on any atom is -0.465 e. The molecule has 1 aliphatic carbocycles. The van der Waals surface area contributed by atoms with E-state index in [2.05, 4.69) is 39.6 Å². The third-order valence-electron chi connectivity index (χ3n) is 12.6. The van der Waals surface area contributed by atoms with Crippen molar-refractivity contribution in [2.45, 2.75) is 120 Å². The van der Waals surface area contributed by atoms with E-state index in [-0.39, 0.29) is 42.1 Å². The van der Waals surface area contributed by atoms with E-state index in [0.717, 1.165) is 55.7 Å². The standard InChI is InChI=1S/C47H55N4O7P/c1-3-26-57-46(55)32(2)49-59(56,58-40-15-8-5-9-16-40)31-33-18-19-35-20-21-36(28-37(35)27-33)43(52)48-41-17-11-10-14-39-22-23-42(51(39)44(41)53)45(54)50-30-38(29-47(50)24-25-47)34-12-6-4-7-13-34/h4-9,12-13,15-16,18-21,27-28,32,38-39,41-42H,3,10-11,14,17,22-26,29-31H2,1-2H3,(H,48,52)(H,49,56)/t32-,38?,39-,41-,42-,59?/m0/s1. The number of rotatable bonds is 13. The molecule has 12 heteroatoms. The quantitative estimate of drug-likeness (QED) is 0.102. The molecule has 310 valence electrons. The molecule has 3 amide bonds. The fraction of sp³-hybridized carbons (Fsp3) is 0.447. The molecule has 59 heavy (non-hydrogen) atoms. The molecule has 3 heterocycles. The van der Waals surface area contributed by atoms with Gasteiger partial charge in [0.15, 0.2) is 0 Å². The van der Waals surface area contributed by atoms with Crippen molar-refractivity contribution in [1.82, 2.24) is 20.2 Å². The van der Waals surface area contributed by atoms with Crippen molar-refractivity contribution in [3.05, 3.63) is 114 Å². The Morgan fingerprint density at radius 2 is 1.61 bits per heavy atom. The number of fused-ring (bicyclic) bond motifs is 2. The van der Waals surface area contributed by atoms with Gasteiger partial charge in [-0.25, -0.2) is 5.09 Å². The zero-order chi connectivity index (χ0) is 41.1. The van der Waals surface area contributed by atoms with Crippen molar-refractivity contribution < 1.29 is 33.0 Å². The minimum atomic E-state index is -3.70. The van der Waals surface area contributed by atoms with Crippen LogP contribution in [0.25, 0.3) is 10.8 Å². The third kappa shape index (κ3) is 8.97. The van der Waals surface area contributed by atoms with Gasteiger partial charge in [-0.05, 0) is 104 Å². The fourth-order valence-electron chi connectivity index (χ4n) is 9.47. The Bertz CT molecular complexity index is 2230. The van der Waals surface area contributed by atoms with E-state index >= 15 is 0 Å². The fourth-order valence-corrected chi connectivity index (χ4v) is 11.5. The van der Waals surface area contributed by atoms with Crippen LogP contribution in [-0.4, -0.2) is 76.3 Å². The van der Waals surface area contributed by atoms with Gasteiger partial charge in [0.05, 0.1) is 12.8 Å². The van der Waals surface area contributed by atoms with Crippen molar-refractivity contribution in [2.24, 2.45) is 0 Å². The summed E-state index contributed by atoms with van der Waals surface area (Å²) >= 11 is 0. The number of esters is 1. The average Bonchev–Trinajstić information content (AvgIpc) is 3.73. The van der Waals surface area contributed by atoms with Gasteiger partial charge in [0.1, 0.15) is 23.9 Å². The van der Waals surface area contributed by atoms with Crippen molar-refractivity contribution in [2.75, 3.05) is 13.2 Å². The Morgan fingerprint density at radius 1 is 0.881 bits per heavy atom. The molecular weight excluding hydrogens is 764 g/mol. The molecule has 1 spiro atoms. The smallest absolute Gasteiger partial charge is 0.323 e. The second-order valence-electron chi connectivity index (χ2n) is 16.9. The number of nitrogens with one attached hydrogen (secondary N) is 2. The van der Waals surface area contributed by atoms with Crippen molar-refractivity contribution in [1.29, 1.82) is 0 Å². The zero-order valence-electron chi connectivity index (χ0n) is 34.0. The highest BCUT2D eigenvalue weighted by Crippen LogP contribution is 2.55. The molecule has 0 radical (unpaired) electrons. The van der Waals surface area contributed by atoms with Crippen molar-refractivity contribution in [3.8, 4) is 5.75 Å². The highest BCUT2D eigenvalue weighted by molar-refractivity contribution is 7.56. The van der Waals surface area contributed by atoms with E-state index in [9.17, 15) is 23.7 Å². The van der Waals surface area contributed by atoms with Crippen LogP contribution in [0.5, 0.6) is 5.75 Å². The summed E-state index contributed by atoms with van der Waals surface area (Å²) in [5, 5.41) is 7.62. The first-order valence-corrected chi connectivity index (χ1v) is 23.2. The number of likely N-dealkylation sites (tertiary alicyclic amines) is 1. The summed E-state index contributed by atoms with van der Waals surface area (Å²) < 4.78 is 25.8. The average molecular weight is 819 g/mol. The molecule has 2 unspecified atom stereocenters. The van der Waals surface area contributed by atoms with Gasteiger partial charge >= 0.3 is 13.5 Å². The molecule has 0 bridgehead atoms. The Kier molecular flexibility index (Phi) is 12.0. The molecule has 0 aromatic heterocycles. The molecule has 4 aromatic rings. The number of amides is 3. The third-order valence-corrected chi connectivity index (χ3v) is 14.7. The maximum Gasteiger partial charge on any atom is 0.323 e. The van der Waals surface area contributed by atoms with Gasteiger partial charge in [-0.15, -0.1) is 0 Å². The lowest BCUT2D eigenvalue weighted by molar-refractivity contribution is -0.148. The van der Waals surface area contributed by atoms with Crippen LogP contribution < -0.4 is 14.9 Å². The number of nitrogens with zero attached hydrogens (tertiary/aromatic N) is 2. The van der Waals surface area contributed by atoms with E-state index in [1.807, 2.05) is 48.2 Å². The first-order valence-electron chi connectivity index (χ1n) is 21.3. The molecule has 3 saturated heterocycles. The van der Waals surface area contributed by atoms with Crippen LogP contribution >= 0.6 is 7.52 Å². The highest BCUT2D eigenvalue weighted by atomic mass is 31.2. The van der Waals surface area contributed by atoms with Gasteiger partial charge in [0.25, 0.3) is 5.91 Å². The number of benzene rings is 4. The maximum atomic E-state index is 14.5. The first kappa shape index (κ1) is 40.8. The van der Waals surface area contributed by atoms with Crippen molar-refractivity contribution >= 4 is 42.0 Å². The molecule has 1 saturated carbocycles. The summed E-state index contributed by atoms with van der Waals surface area (Å²) in [4.78, 5) is 59.6. The number of carbonyl (C=O) groups is 4. The monoisotopic (exact) mass is 818 g/mol. The number of para-hydroxylation sites is 1. The SMILES string of the molecule is CCCOC(=O)[C@H](C)NP(=O)(Cc1ccc2ccc(C(=O)N[C@H]3CCCC[C@H]4CC[C@@H](C(=O)N5CC(c6ccccc6)CC56CC6)N4C3=O)cc2c1)Oc1ccccc1. The molecular formula is C47H55N4O7P. The lowest BCUT2D eigenvalue weighted by Gasteiger charge is -2.37. The summed E-state index contributed by atoms with van der Waals surface area (Å²) in [5.74, 6) is -0.292. The molecule has 4 fully saturated rings. The van der Waals surface area contributed by atoms with Crippen molar-refractivity contribution in [3.63, 3.8) is 0 Å². The first-order chi connectivity index (χ1) is 28.5. The second-order valence-corrected chi connectivity index (χ2v) is 19.0. The Balaban J connectivity index is 0.978. The molecule has 6 atom stereocenters. The van der Waals surface area contributed by atoms with Crippen LogP contribution in [0.15, 0.2) is 97.1 Å². The van der Waals surface area contributed by atoms with Gasteiger partial charge in [0.2, 0.25) is 11.8 Å². The highest BCUT2D eigenvalue weighted by Gasteiger charge is 2.58. The van der Waals surface area contributed by atoms with Gasteiger partial charge in [0, 0.05) is 29.6 Å². The number of carbonyl (C=O) groups excluding carboxylic acids is 4. The lowest BCUT2D eigenvalue weighted by atomic mass is 9.96. The Labute approximate surface area is 346 Å². The van der Waals surface area contributed by atoms with E-state index in [0.29, 0.717) is 48.6 Å². The molecule has 8 rings (SSSR count). The van der Waals surface area contributed by atoms with Gasteiger partial charge in [-0.3, -0.25) is 23.7 Å². The van der Waals surface area contributed by atoms with Gasteiger partial charge < -0.3 is 24.4 Å². The van der Waals surface area contributed by atoms with E-state index < -0.39 is 31.6 Å². The number of hydrogen-bond acceptors (Lipinski definition) is 7. The Morgan fingerprint density at radius 3 is 2.36 bits per heavy atom. The second kappa shape index (κ2) is 17.3. The number of hydrogen-bond donors (Lipinski definition) is 2. The van der Waals surface area contributed by atoms with Crippen LogP contribution in [0.1, 0.15) is 105 Å².